The molecule has 3 N–H and O–H groups in total. The van der Waals surface area contributed by atoms with Crippen LogP contribution in [-0.4, -0.2) is 14.5 Å². The lowest BCUT2D eigenvalue weighted by molar-refractivity contribution is 0.862. The van der Waals surface area contributed by atoms with Gasteiger partial charge in [0.15, 0.2) is 0 Å². The van der Waals surface area contributed by atoms with Gasteiger partial charge in [-0.3, -0.25) is 0 Å². The fourth-order valence-electron chi connectivity index (χ4n) is 1.63. The van der Waals surface area contributed by atoms with Crippen molar-refractivity contribution in [1.29, 1.82) is 0 Å². The molecule has 0 spiro atoms. The number of aromatic amines is 1. The zero-order chi connectivity index (χ0) is 10.1. The van der Waals surface area contributed by atoms with Gasteiger partial charge in [-0.2, -0.15) is 0 Å². The largest absolute Gasteiger partial charge is 0.360 e. The normalized spacial score (nSPS) is 10.8. The van der Waals surface area contributed by atoms with E-state index in [1.54, 1.807) is 0 Å². The highest BCUT2D eigenvalue weighted by Gasteiger charge is 2.12. The minimum atomic E-state index is 0.468. The van der Waals surface area contributed by atoms with Crippen molar-refractivity contribution in [3.05, 3.63) is 29.8 Å². The smallest absolute Gasteiger partial charge is 0.106 e. The summed E-state index contributed by atoms with van der Waals surface area (Å²) in [7, 11) is 2.00. The summed E-state index contributed by atoms with van der Waals surface area (Å²) in [5.41, 5.74) is 8.73. The first-order valence-electron chi connectivity index (χ1n) is 4.60. The SMILES string of the molecule is Cc1nc(CN)c(-c2ccc[nH]2)n1C. The van der Waals surface area contributed by atoms with Crippen LogP contribution in [0.5, 0.6) is 0 Å². The van der Waals surface area contributed by atoms with Crippen LogP contribution < -0.4 is 5.73 Å². The standard InChI is InChI=1S/C10H14N4/c1-7-13-9(6-11)10(14(7)2)8-4-3-5-12-8/h3-5,12H,6,11H2,1-2H3. The topological polar surface area (TPSA) is 59.6 Å². The molecule has 14 heavy (non-hydrogen) atoms. The predicted octanol–water partition coefficient (Wildman–Crippen LogP) is 1.18. The van der Waals surface area contributed by atoms with Crippen molar-refractivity contribution in [1.82, 2.24) is 14.5 Å². The van der Waals surface area contributed by atoms with Gasteiger partial charge in [0.1, 0.15) is 5.82 Å². The van der Waals surface area contributed by atoms with E-state index in [9.17, 15) is 0 Å². The van der Waals surface area contributed by atoms with Crippen molar-refractivity contribution in [2.75, 3.05) is 0 Å². The van der Waals surface area contributed by atoms with Gasteiger partial charge in [0, 0.05) is 19.8 Å². The first-order valence-corrected chi connectivity index (χ1v) is 4.60. The Morgan fingerprint density at radius 3 is 2.93 bits per heavy atom. The van der Waals surface area contributed by atoms with Crippen LogP contribution in [0.3, 0.4) is 0 Å². The van der Waals surface area contributed by atoms with Crippen molar-refractivity contribution >= 4 is 0 Å². The van der Waals surface area contributed by atoms with Crippen LogP contribution in [0.2, 0.25) is 0 Å². The number of nitrogens with zero attached hydrogens (tertiary/aromatic N) is 2. The molecule has 0 radical (unpaired) electrons. The molecule has 0 saturated carbocycles. The molecule has 0 unspecified atom stereocenters. The maximum absolute atomic E-state index is 5.65. The summed E-state index contributed by atoms with van der Waals surface area (Å²) < 4.78 is 2.05. The molecule has 0 atom stereocenters. The molecule has 74 valence electrons. The van der Waals surface area contributed by atoms with Gasteiger partial charge in [0.2, 0.25) is 0 Å². The van der Waals surface area contributed by atoms with Crippen molar-refractivity contribution in [3.8, 4) is 11.4 Å². The summed E-state index contributed by atoms with van der Waals surface area (Å²) in [6, 6.07) is 3.99. The van der Waals surface area contributed by atoms with Crippen molar-refractivity contribution < 1.29 is 0 Å². The molecule has 0 fully saturated rings. The average Bonchev–Trinajstić information content (AvgIpc) is 2.76. The Labute approximate surface area is 82.8 Å². The highest BCUT2D eigenvalue weighted by molar-refractivity contribution is 5.58. The zero-order valence-electron chi connectivity index (χ0n) is 8.41. The molecule has 2 aromatic heterocycles. The van der Waals surface area contributed by atoms with Gasteiger partial charge >= 0.3 is 0 Å². The van der Waals surface area contributed by atoms with Crippen LogP contribution in [0.15, 0.2) is 18.3 Å². The van der Waals surface area contributed by atoms with Crippen molar-refractivity contribution in [2.45, 2.75) is 13.5 Å². The van der Waals surface area contributed by atoms with Crippen molar-refractivity contribution in [3.63, 3.8) is 0 Å². The maximum Gasteiger partial charge on any atom is 0.106 e. The van der Waals surface area contributed by atoms with Gasteiger partial charge in [0.05, 0.1) is 17.1 Å². The lowest BCUT2D eigenvalue weighted by Crippen LogP contribution is -2.00. The van der Waals surface area contributed by atoms with Gasteiger partial charge < -0.3 is 15.3 Å². The van der Waals surface area contributed by atoms with Crippen LogP contribution >= 0.6 is 0 Å². The number of nitrogens with one attached hydrogen (secondary N) is 1. The molecule has 0 bridgehead atoms. The van der Waals surface area contributed by atoms with E-state index in [0.29, 0.717) is 6.54 Å². The van der Waals surface area contributed by atoms with E-state index < -0.39 is 0 Å². The summed E-state index contributed by atoms with van der Waals surface area (Å²) in [6.45, 7) is 2.45. The molecule has 2 aromatic rings. The number of hydrogen-bond donors (Lipinski definition) is 2. The number of hydrogen-bond acceptors (Lipinski definition) is 2. The molecular weight excluding hydrogens is 176 g/mol. The number of H-pyrrole nitrogens is 1. The first-order chi connectivity index (χ1) is 6.74. The Morgan fingerprint density at radius 1 is 1.57 bits per heavy atom. The summed E-state index contributed by atoms with van der Waals surface area (Å²) in [5, 5.41) is 0. The second-order valence-corrected chi connectivity index (χ2v) is 3.30. The lowest BCUT2D eigenvalue weighted by atomic mass is 10.2. The van der Waals surface area contributed by atoms with Gasteiger partial charge in [-0.15, -0.1) is 0 Å². The molecule has 2 heterocycles. The van der Waals surface area contributed by atoms with Crippen LogP contribution in [-0.2, 0) is 13.6 Å². The molecule has 0 saturated heterocycles. The molecule has 4 nitrogen and oxygen atoms in total. The highest BCUT2D eigenvalue weighted by atomic mass is 15.1. The summed E-state index contributed by atoms with van der Waals surface area (Å²) in [6.07, 6.45) is 1.90. The zero-order valence-corrected chi connectivity index (χ0v) is 8.41. The average molecular weight is 190 g/mol. The number of rotatable bonds is 2. The quantitative estimate of drug-likeness (QED) is 0.747. The van der Waals surface area contributed by atoms with E-state index in [1.165, 1.54) is 0 Å². The van der Waals surface area contributed by atoms with Crippen molar-refractivity contribution in [2.24, 2.45) is 12.8 Å². The van der Waals surface area contributed by atoms with Crippen LogP contribution in [0, 0.1) is 6.92 Å². The summed E-state index contributed by atoms with van der Waals surface area (Å²) >= 11 is 0. The van der Waals surface area contributed by atoms with E-state index in [1.807, 2.05) is 36.9 Å². The molecular formula is C10H14N4. The molecule has 2 rings (SSSR count). The summed E-state index contributed by atoms with van der Waals surface area (Å²) in [4.78, 5) is 7.57. The van der Waals surface area contributed by atoms with E-state index in [2.05, 4.69) is 9.97 Å². The minimum absolute atomic E-state index is 0.468. The second kappa shape index (κ2) is 3.31. The van der Waals surface area contributed by atoms with E-state index in [-0.39, 0.29) is 0 Å². The Balaban J connectivity index is 2.61. The Bertz CT molecular complexity index is 425. The van der Waals surface area contributed by atoms with E-state index >= 15 is 0 Å². The van der Waals surface area contributed by atoms with Crippen LogP contribution in [0.1, 0.15) is 11.5 Å². The number of aryl methyl sites for hydroxylation is 1. The molecule has 4 heteroatoms. The third-order valence-corrected chi connectivity index (χ3v) is 2.44. The van der Waals surface area contributed by atoms with Gasteiger partial charge in [-0.1, -0.05) is 0 Å². The molecule has 0 amide bonds. The predicted molar refractivity (Wildman–Crippen MR) is 55.6 cm³/mol. The number of imidazole rings is 1. The Hall–Kier alpha value is -1.55. The maximum atomic E-state index is 5.65. The highest BCUT2D eigenvalue weighted by Crippen LogP contribution is 2.21. The van der Waals surface area contributed by atoms with Gasteiger partial charge in [-0.25, -0.2) is 4.98 Å². The number of aromatic nitrogens is 3. The molecule has 0 aliphatic rings. The summed E-state index contributed by atoms with van der Waals surface area (Å²) in [5.74, 6) is 0.982. The third kappa shape index (κ3) is 1.24. The monoisotopic (exact) mass is 190 g/mol. The number of nitrogens with two attached hydrogens (primary N) is 1. The third-order valence-electron chi connectivity index (χ3n) is 2.44. The molecule has 0 aliphatic carbocycles. The molecule has 0 aromatic carbocycles. The lowest BCUT2D eigenvalue weighted by Gasteiger charge is -2.02. The van der Waals surface area contributed by atoms with Crippen LogP contribution in [0.4, 0.5) is 0 Å². The van der Waals surface area contributed by atoms with E-state index in [4.69, 9.17) is 5.73 Å². The van der Waals surface area contributed by atoms with E-state index in [0.717, 1.165) is 22.9 Å². The van der Waals surface area contributed by atoms with Gasteiger partial charge in [0.25, 0.3) is 0 Å². The van der Waals surface area contributed by atoms with Crippen LogP contribution in [0.25, 0.3) is 11.4 Å². The minimum Gasteiger partial charge on any atom is -0.360 e. The second-order valence-electron chi connectivity index (χ2n) is 3.30. The first kappa shape index (κ1) is 9.02. The fraction of sp³-hybridized carbons (Fsp3) is 0.300. The van der Waals surface area contributed by atoms with Gasteiger partial charge in [-0.05, 0) is 19.1 Å². The Kier molecular flexibility index (Phi) is 2.13. The molecule has 0 aliphatic heterocycles. The Morgan fingerprint density at radius 2 is 2.36 bits per heavy atom. The fourth-order valence-corrected chi connectivity index (χ4v) is 1.63.